The number of amides is 3. The molecule has 2 aromatic heterocycles. The second-order valence-electron chi connectivity index (χ2n) is 12.1. The van der Waals surface area contributed by atoms with Gasteiger partial charge in [-0.25, -0.2) is 4.79 Å². The van der Waals surface area contributed by atoms with E-state index in [1.807, 2.05) is 85.1 Å². The number of carboxylic acids is 1. The highest BCUT2D eigenvalue weighted by atomic mass is 16.4. The molecule has 47 heavy (non-hydrogen) atoms. The molecule has 5 aromatic rings. The predicted molar refractivity (Wildman–Crippen MR) is 178 cm³/mol. The minimum absolute atomic E-state index is 0.134. The lowest BCUT2D eigenvalue weighted by Crippen LogP contribution is -2.58. The standard InChI is InChI=1S/C36H38N6O5/c37-27(18-23-20-38-28-13-6-4-11-25(23)28)33(43)40-30(19-24-21-39-29-14-7-5-12-26(24)29)34(44)41-31(17-22-9-2-1-3-10-22)35(45)42-16-8-15-32(42)36(46)47/h1-7,9-14,20-21,27,30-32,38-39H,8,15-19,37H2,(H,40,43)(H,41,44)(H,46,47). The molecule has 0 aliphatic carbocycles. The second-order valence-corrected chi connectivity index (χ2v) is 12.1. The molecular weight excluding hydrogens is 596 g/mol. The Morgan fingerprint density at radius 1 is 0.766 bits per heavy atom. The number of para-hydroxylation sites is 2. The third-order valence-electron chi connectivity index (χ3n) is 8.90. The summed E-state index contributed by atoms with van der Waals surface area (Å²) in [4.78, 5) is 61.2. The summed E-state index contributed by atoms with van der Waals surface area (Å²) >= 11 is 0. The Kier molecular flexibility index (Phi) is 9.35. The number of carbonyl (C=O) groups is 4. The van der Waals surface area contributed by atoms with E-state index >= 15 is 0 Å². The monoisotopic (exact) mass is 634 g/mol. The summed E-state index contributed by atoms with van der Waals surface area (Å²) in [5, 5.41) is 17.4. The van der Waals surface area contributed by atoms with Gasteiger partial charge in [-0.3, -0.25) is 14.4 Å². The van der Waals surface area contributed by atoms with Crippen LogP contribution in [0.15, 0.2) is 91.3 Å². The summed E-state index contributed by atoms with van der Waals surface area (Å²) in [7, 11) is 0. The number of carboxylic acid groups (broad SMARTS) is 1. The van der Waals surface area contributed by atoms with E-state index in [0.29, 0.717) is 12.8 Å². The van der Waals surface area contributed by atoms with Crippen LogP contribution in [0, 0.1) is 0 Å². The van der Waals surface area contributed by atoms with Gasteiger partial charge >= 0.3 is 5.97 Å². The number of hydrogen-bond acceptors (Lipinski definition) is 5. The van der Waals surface area contributed by atoms with Gasteiger partial charge in [-0.2, -0.15) is 0 Å². The Hall–Kier alpha value is -5.42. The summed E-state index contributed by atoms with van der Waals surface area (Å²) in [5.41, 5.74) is 10.7. The number of aliphatic carboxylic acids is 1. The number of carbonyl (C=O) groups excluding carboxylic acids is 3. The molecule has 3 aromatic carbocycles. The van der Waals surface area contributed by atoms with Gasteiger partial charge in [0.1, 0.15) is 18.1 Å². The van der Waals surface area contributed by atoms with Gasteiger partial charge in [-0.15, -0.1) is 0 Å². The molecular formula is C36H38N6O5. The molecule has 242 valence electrons. The molecule has 0 bridgehead atoms. The quantitative estimate of drug-likeness (QED) is 0.123. The summed E-state index contributed by atoms with van der Waals surface area (Å²) < 4.78 is 0. The fourth-order valence-corrected chi connectivity index (χ4v) is 6.45. The van der Waals surface area contributed by atoms with Crippen LogP contribution >= 0.6 is 0 Å². The fraction of sp³-hybridized carbons (Fsp3) is 0.278. The Morgan fingerprint density at radius 2 is 1.34 bits per heavy atom. The highest BCUT2D eigenvalue weighted by molar-refractivity contribution is 5.95. The number of aromatic nitrogens is 2. The summed E-state index contributed by atoms with van der Waals surface area (Å²) in [6, 6.07) is 20.6. The smallest absolute Gasteiger partial charge is 0.326 e. The van der Waals surface area contributed by atoms with Crippen molar-refractivity contribution in [3.63, 3.8) is 0 Å². The first-order chi connectivity index (χ1) is 22.8. The van der Waals surface area contributed by atoms with Gasteiger partial charge in [-0.05, 0) is 48.1 Å². The molecule has 0 radical (unpaired) electrons. The summed E-state index contributed by atoms with van der Waals surface area (Å²) in [6.07, 6.45) is 5.08. The first-order valence-corrected chi connectivity index (χ1v) is 15.8. The Morgan fingerprint density at radius 3 is 1.98 bits per heavy atom. The second kappa shape index (κ2) is 13.9. The van der Waals surface area contributed by atoms with Crippen LogP contribution in [-0.2, 0) is 38.4 Å². The van der Waals surface area contributed by atoms with E-state index in [0.717, 1.165) is 38.5 Å². The Balaban J connectivity index is 1.26. The number of nitrogens with two attached hydrogens (primary N) is 1. The zero-order chi connectivity index (χ0) is 32.9. The average Bonchev–Trinajstić information content (AvgIpc) is 3.84. The van der Waals surface area contributed by atoms with Gasteiger partial charge in [0.05, 0.1) is 6.04 Å². The van der Waals surface area contributed by atoms with Crippen molar-refractivity contribution in [1.29, 1.82) is 0 Å². The third-order valence-corrected chi connectivity index (χ3v) is 8.90. The average molecular weight is 635 g/mol. The number of H-pyrrole nitrogens is 2. The van der Waals surface area contributed by atoms with Crippen molar-refractivity contribution in [1.82, 2.24) is 25.5 Å². The number of likely N-dealkylation sites (tertiary alicyclic amines) is 1. The Labute approximate surface area is 271 Å². The van der Waals surface area contributed by atoms with Crippen LogP contribution in [0.25, 0.3) is 21.8 Å². The van der Waals surface area contributed by atoms with Crippen LogP contribution in [0.4, 0.5) is 0 Å². The van der Waals surface area contributed by atoms with Gasteiger partial charge < -0.3 is 36.3 Å². The van der Waals surface area contributed by atoms with Gasteiger partial charge in [0.15, 0.2) is 0 Å². The molecule has 0 spiro atoms. The zero-order valence-corrected chi connectivity index (χ0v) is 25.8. The van der Waals surface area contributed by atoms with Gasteiger partial charge in [-0.1, -0.05) is 66.7 Å². The first kappa shape index (κ1) is 31.6. The molecule has 11 heteroatoms. The van der Waals surface area contributed by atoms with Crippen LogP contribution in [0.2, 0.25) is 0 Å². The van der Waals surface area contributed by atoms with E-state index in [1.54, 1.807) is 6.20 Å². The SMILES string of the molecule is NC(Cc1c[nH]c2ccccc12)C(=O)NC(Cc1c[nH]c2ccccc12)C(=O)NC(Cc1ccccc1)C(=O)N1CCCC1C(=O)O. The van der Waals surface area contributed by atoms with Gasteiger partial charge in [0, 0.05) is 53.6 Å². The van der Waals surface area contributed by atoms with Crippen LogP contribution in [0.3, 0.4) is 0 Å². The molecule has 1 aliphatic rings. The van der Waals surface area contributed by atoms with Gasteiger partial charge in [0.2, 0.25) is 17.7 Å². The molecule has 3 heterocycles. The highest BCUT2D eigenvalue weighted by Gasteiger charge is 2.38. The van der Waals surface area contributed by atoms with Crippen LogP contribution in [0.5, 0.6) is 0 Å². The summed E-state index contributed by atoms with van der Waals surface area (Å²) in [5.74, 6) is -2.62. The molecule has 0 saturated carbocycles. The minimum atomic E-state index is -1.07. The lowest BCUT2D eigenvalue weighted by atomic mass is 10.0. The van der Waals surface area contributed by atoms with Crippen molar-refractivity contribution in [2.75, 3.05) is 6.54 Å². The van der Waals surface area contributed by atoms with E-state index in [1.165, 1.54) is 4.90 Å². The normalized spacial score (nSPS) is 16.5. The fourth-order valence-electron chi connectivity index (χ4n) is 6.45. The van der Waals surface area contributed by atoms with Crippen LogP contribution in [0.1, 0.15) is 29.5 Å². The molecule has 4 atom stereocenters. The van der Waals surface area contributed by atoms with E-state index in [4.69, 9.17) is 5.73 Å². The number of rotatable bonds is 12. The van der Waals surface area contributed by atoms with Crippen molar-refractivity contribution >= 4 is 45.5 Å². The third kappa shape index (κ3) is 7.05. The van der Waals surface area contributed by atoms with Gasteiger partial charge in [0.25, 0.3) is 0 Å². The topological polar surface area (TPSA) is 173 Å². The van der Waals surface area contributed by atoms with E-state index in [9.17, 15) is 24.3 Å². The maximum absolute atomic E-state index is 14.1. The number of fused-ring (bicyclic) bond motifs is 2. The molecule has 7 N–H and O–H groups in total. The molecule has 11 nitrogen and oxygen atoms in total. The maximum atomic E-state index is 14.1. The van der Waals surface area contributed by atoms with Crippen molar-refractivity contribution < 1.29 is 24.3 Å². The van der Waals surface area contributed by atoms with E-state index in [2.05, 4.69) is 20.6 Å². The van der Waals surface area contributed by atoms with Crippen molar-refractivity contribution in [2.45, 2.75) is 56.3 Å². The minimum Gasteiger partial charge on any atom is -0.480 e. The number of benzene rings is 3. The maximum Gasteiger partial charge on any atom is 0.326 e. The van der Waals surface area contributed by atoms with E-state index < -0.39 is 47.9 Å². The highest BCUT2D eigenvalue weighted by Crippen LogP contribution is 2.22. The van der Waals surface area contributed by atoms with Crippen molar-refractivity contribution in [3.05, 3.63) is 108 Å². The molecule has 3 amide bonds. The number of nitrogens with zero attached hydrogens (tertiary/aromatic N) is 1. The lowest BCUT2D eigenvalue weighted by Gasteiger charge is -2.29. The largest absolute Gasteiger partial charge is 0.480 e. The lowest BCUT2D eigenvalue weighted by molar-refractivity contribution is -0.149. The van der Waals surface area contributed by atoms with Crippen LogP contribution in [-0.4, -0.2) is 74.4 Å². The molecule has 6 rings (SSSR count). The number of hydrogen-bond donors (Lipinski definition) is 6. The van der Waals surface area contributed by atoms with Crippen molar-refractivity contribution in [3.8, 4) is 0 Å². The molecule has 1 aliphatic heterocycles. The molecule has 1 saturated heterocycles. The number of aromatic amines is 2. The van der Waals surface area contributed by atoms with Crippen LogP contribution < -0.4 is 16.4 Å². The molecule has 1 fully saturated rings. The summed E-state index contributed by atoms with van der Waals surface area (Å²) in [6.45, 7) is 0.287. The van der Waals surface area contributed by atoms with E-state index in [-0.39, 0.29) is 25.8 Å². The molecule has 4 unspecified atom stereocenters. The zero-order valence-electron chi connectivity index (χ0n) is 25.8. The van der Waals surface area contributed by atoms with Crippen molar-refractivity contribution in [2.24, 2.45) is 5.73 Å². The predicted octanol–water partition coefficient (Wildman–Crippen LogP) is 3.05. The first-order valence-electron chi connectivity index (χ1n) is 15.8. The number of nitrogens with one attached hydrogen (secondary N) is 4. The Bertz CT molecular complexity index is 1900.